The topological polar surface area (TPSA) is 65.2 Å². The van der Waals surface area contributed by atoms with Crippen LogP contribution in [-0.4, -0.2) is 56.5 Å². The van der Waals surface area contributed by atoms with Crippen molar-refractivity contribution in [3.8, 4) is 11.3 Å². The zero-order valence-electron chi connectivity index (χ0n) is 24.2. The molecule has 1 atom stereocenters. The maximum Gasteiger partial charge on any atom is 0.133 e. The third kappa shape index (κ3) is 7.15. The van der Waals surface area contributed by atoms with Crippen LogP contribution in [0.2, 0.25) is 0 Å². The van der Waals surface area contributed by atoms with Crippen molar-refractivity contribution in [1.29, 1.82) is 0 Å². The van der Waals surface area contributed by atoms with E-state index in [1.165, 1.54) is 5.56 Å². The number of morpholine rings is 1. The summed E-state index contributed by atoms with van der Waals surface area (Å²) < 4.78 is 9.69. The second-order valence-electron chi connectivity index (χ2n) is 10.4. The summed E-state index contributed by atoms with van der Waals surface area (Å²) in [6, 6.07) is 12.7. The van der Waals surface area contributed by atoms with Gasteiger partial charge in [-0.2, -0.15) is 10.2 Å². The number of ether oxygens (including phenoxy) is 1. The van der Waals surface area contributed by atoms with E-state index in [0.29, 0.717) is 31.8 Å². The van der Waals surface area contributed by atoms with Gasteiger partial charge in [-0.15, -0.1) is 0 Å². The first-order chi connectivity index (χ1) is 18.9. The Morgan fingerprint density at radius 1 is 1.08 bits per heavy atom. The van der Waals surface area contributed by atoms with Crippen molar-refractivity contribution in [2.24, 2.45) is 0 Å². The molecule has 3 heterocycles. The summed E-state index contributed by atoms with van der Waals surface area (Å²) in [5.74, 6) is 1.44. The van der Waals surface area contributed by atoms with Crippen LogP contribution < -0.4 is 0 Å². The van der Waals surface area contributed by atoms with Crippen molar-refractivity contribution >= 4 is 17.3 Å². The van der Waals surface area contributed by atoms with Gasteiger partial charge in [0.2, 0.25) is 0 Å². The molecule has 208 valence electrons. The summed E-state index contributed by atoms with van der Waals surface area (Å²) in [7, 11) is 0. The van der Waals surface area contributed by atoms with Gasteiger partial charge in [0.1, 0.15) is 11.6 Å². The normalized spacial score (nSPS) is 15.6. The standard InChI is InChI=1S/C32H43N5O2/c1-6-10-26(22-29(38)8-3)31-21-25(5)37(34-31)32(35-16-18-39-19-17-35)23-28(11-7-2)36-15-14-30(33-36)27-13-9-12-24(4)20-27/h9,11-15,20-21,23,26H,6-8,10,16-19,22H2,1-5H3/b28-11-,32-23-. The van der Waals surface area contributed by atoms with E-state index in [-0.39, 0.29) is 5.92 Å². The van der Waals surface area contributed by atoms with E-state index < -0.39 is 0 Å². The molecule has 0 saturated carbocycles. The predicted molar refractivity (Wildman–Crippen MR) is 158 cm³/mol. The largest absolute Gasteiger partial charge is 0.378 e. The van der Waals surface area contributed by atoms with Gasteiger partial charge >= 0.3 is 0 Å². The van der Waals surface area contributed by atoms with Gasteiger partial charge in [0.05, 0.1) is 30.3 Å². The molecule has 4 rings (SSSR count). The third-order valence-corrected chi connectivity index (χ3v) is 7.24. The van der Waals surface area contributed by atoms with Gasteiger partial charge < -0.3 is 9.64 Å². The smallest absolute Gasteiger partial charge is 0.133 e. The zero-order valence-corrected chi connectivity index (χ0v) is 24.2. The predicted octanol–water partition coefficient (Wildman–Crippen LogP) is 6.70. The Kier molecular flexibility index (Phi) is 9.93. The lowest BCUT2D eigenvalue weighted by atomic mass is 9.93. The van der Waals surface area contributed by atoms with Crippen molar-refractivity contribution in [1.82, 2.24) is 24.5 Å². The van der Waals surface area contributed by atoms with Gasteiger partial charge in [0, 0.05) is 55.4 Å². The Bertz CT molecular complexity index is 1310. The molecular weight excluding hydrogens is 486 g/mol. The van der Waals surface area contributed by atoms with Crippen molar-refractivity contribution in [3.63, 3.8) is 0 Å². The van der Waals surface area contributed by atoms with E-state index in [0.717, 1.165) is 66.5 Å². The van der Waals surface area contributed by atoms with E-state index in [1.807, 2.05) is 22.5 Å². The molecule has 1 aliphatic rings. The first-order valence-corrected chi connectivity index (χ1v) is 14.4. The van der Waals surface area contributed by atoms with Gasteiger partial charge in [0.15, 0.2) is 0 Å². The molecule has 1 unspecified atom stereocenters. The molecule has 39 heavy (non-hydrogen) atoms. The Morgan fingerprint density at radius 2 is 1.87 bits per heavy atom. The van der Waals surface area contributed by atoms with Crippen molar-refractivity contribution < 1.29 is 9.53 Å². The number of carbonyl (C=O) groups is 1. The highest BCUT2D eigenvalue weighted by molar-refractivity contribution is 5.78. The Hall–Kier alpha value is -3.45. The summed E-state index contributed by atoms with van der Waals surface area (Å²) in [5.41, 5.74) is 6.33. The van der Waals surface area contributed by atoms with Gasteiger partial charge in [-0.1, -0.05) is 57.0 Å². The van der Waals surface area contributed by atoms with Crippen LogP contribution in [0, 0.1) is 13.8 Å². The van der Waals surface area contributed by atoms with Gasteiger partial charge in [0.25, 0.3) is 0 Å². The van der Waals surface area contributed by atoms with Crippen LogP contribution in [0.25, 0.3) is 22.8 Å². The first-order valence-electron chi connectivity index (χ1n) is 14.4. The van der Waals surface area contributed by atoms with Crippen LogP contribution in [0.5, 0.6) is 0 Å². The minimum absolute atomic E-state index is 0.141. The van der Waals surface area contributed by atoms with Gasteiger partial charge in [-0.05, 0) is 44.9 Å². The number of carbonyl (C=O) groups excluding carboxylic acids is 1. The lowest BCUT2D eigenvalue weighted by Crippen LogP contribution is -2.37. The Labute approximate surface area is 233 Å². The highest BCUT2D eigenvalue weighted by Gasteiger charge is 2.23. The number of hydrogen-bond donors (Lipinski definition) is 0. The van der Waals surface area contributed by atoms with E-state index in [1.54, 1.807) is 0 Å². The van der Waals surface area contributed by atoms with Crippen LogP contribution in [0.3, 0.4) is 0 Å². The monoisotopic (exact) mass is 529 g/mol. The van der Waals surface area contributed by atoms with Crippen molar-refractivity contribution in [2.45, 2.75) is 72.6 Å². The van der Waals surface area contributed by atoms with Crippen molar-refractivity contribution in [3.05, 3.63) is 71.7 Å². The quantitative estimate of drug-likeness (QED) is 0.244. The Balaban J connectivity index is 1.75. The van der Waals surface area contributed by atoms with Crippen LogP contribution in [0.4, 0.5) is 0 Å². The van der Waals surface area contributed by atoms with E-state index in [9.17, 15) is 4.79 Å². The average Bonchev–Trinajstić information content (AvgIpc) is 3.59. The molecule has 0 spiro atoms. The second kappa shape index (κ2) is 13.6. The molecule has 0 aliphatic carbocycles. The summed E-state index contributed by atoms with van der Waals surface area (Å²) in [6.45, 7) is 13.4. The molecule has 7 heteroatoms. The van der Waals surface area contributed by atoms with Crippen LogP contribution in [0.15, 0.2) is 54.7 Å². The molecule has 7 nitrogen and oxygen atoms in total. The minimum atomic E-state index is 0.141. The van der Waals surface area contributed by atoms with Crippen LogP contribution in [0.1, 0.15) is 75.7 Å². The number of ketones is 1. The highest BCUT2D eigenvalue weighted by Crippen LogP contribution is 2.28. The molecule has 2 aromatic heterocycles. The van der Waals surface area contributed by atoms with Crippen molar-refractivity contribution in [2.75, 3.05) is 26.3 Å². The molecule has 1 fully saturated rings. The second-order valence-corrected chi connectivity index (χ2v) is 10.4. The van der Waals surface area contributed by atoms with Gasteiger partial charge in [-0.3, -0.25) is 4.79 Å². The number of benzene rings is 1. The summed E-state index contributed by atoms with van der Waals surface area (Å²) in [5, 5.41) is 10.1. The summed E-state index contributed by atoms with van der Waals surface area (Å²) in [6.07, 6.45) is 10.4. The molecule has 3 aromatic rings. The molecule has 1 aromatic carbocycles. The number of rotatable bonds is 12. The molecule has 1 saturated heterocycles. The fourth-order valence-electron chi connectivity index (χ4n) is 5.12. The Morgan fingerprint density at radius 3 is 2.56 bits per heavy atom. The first kappa shape index (κ1) is 28.6. The van der Waals surface area contributed by atoms with E-state index in [2.05, 4.69) is 81.1 Å². The molecule has 0 amide bonds. The maximum absolute atomic E-state index is 12.4. The molecule has 1 aliphatic heterocycles. The third-order valence-electron chi connectivity index (χ3n) is 7.24. The minimum Gasteiger partial charge on any atom is -0.378 e. The zero-order chi connectivity index (χ0) is 27.8. The molecule has 0 bridgehead atoms. The number of aromatic nitrogens is 4. The lowest BCUT2D eigenvalue weighted by molar-refractivity contribution is -0.119. The SMILES string of the molecule is CC/C=C(/C=C(/N1CCOCC1)n1nc(C(CCC)CC(=O)CC)cc1C)n1ccc(-c2cccc(C)c2)n1. The van der Waals surface area contributed by atoms with E-state index >= 15 is 0 Å². The van der Waals surface area contributed by atoms with Gasteiger partial charge in [-0.25, -0.2) is 9.36 Å². The number of allylic oxidation sites excluding steroid dienone is 3. The molecule has 0 radical (unpaired) electrons. The number of nitrogens with zero attached hydrogens (tertiary/aromatic N) is 5. The van der Waals surface area contributed by atoms with Crippen LogP contribution in [-0.2, 0) is 9.53 Å². The summed E-state index contributed by atoms with van der Waals surface area (Å²) in [4.78, 5) is 14.7. The fraction of sp³-hybridized carbons (Fsp3) is 0.469. The molecular formula is C32H43N5O2. The van der Waals surface area contributed by atoms with Crippen LogP contribution >= 0.6 is 0 Å². The summed E-state index contributed by atoms with van der Waals surface area (Å²) >= 11 is 0. The van der Waals surface area contributed by atoms with E-state index in [4.69, 9.17) is 14.9 Å². The number of hydrogen-bond acceptors (Lipinski definition) is 5. The fourth-order valence-corrected chi connectivity index (χ4v) is 5.12. The molecule has 0 N–H and O–H groups in total. The lowest BCUT2D eigenvalue weighted by Gasteiger charge is -2.31. The average molecular weight is 530 g/mol. The maximum atomic E-state index is 12.4. The number of Topliss-reactive ketones (excluding diaryl/α,β-unsaturated/α-hetero) is 1. The number of aryl methyl sites for hydroxylation is 2. The highest BCUT2D eigenvalue weighted by atomic mass is 16.5.